The molecule has 2 aromatic rings. The Labute approximate surface area is 152 Å². The topological polar surface area (TPSA) is 63.2 Å². The standard InChI is InChI=1S/C15H9Cl3FNO3S/c16-10-3-1-9(2-4-10)14(21)20-15(13(17)18)24(22,23)12-7-5-11(19)6-8-12/h1-8H,(H,20,21). The molecule has 0 saturated carbocycles. The number of nitrogens with one attached hydrogen (secondary N) is 1. The monoisotopic (exact) mass is 407 g/mol. The molecule has 0 bridgehead atoms. The molecule has 2 rings (SSSR count). The van der Waals surface area contributed by atoms with Crippen molar-refractivity contribution in [1.82, 2.24) is 5.32 Å². The maximum atomic E-state index is 13.0. The van der Waals surface area contributed by atoms with Crippen LogP contribution in [0.1, 0.15) is 10.4 Å². The van der Waals surface area contributed by atoms with Gasteiger partial charge in [0, 0.05) is 10.6 Å². The minimum Gasteiger partial charge on any atom is -0.310 e. The highest BCUT2D eigenvalue weighted by atomic mass is 35.5. The maximum Gasteiger partial charge on any atom is 0.256 e. The Morgan fingerprint density at radius 2 is 1.50 bits per heavy atom. The number of benzene rings is 2. The van der Waals surface area contributed by atoms with Gasteiger partial charge in [-0.3, -0.25) is 4.79 Å². The normalized spacial score (nSPS) is 11.0. The first-order chi connectivity index (χ1) is 11.2. The van der Waals surface area contributed by atoms with Crippen LogP contribution in [0.4, 0.5) is 4.39 Å². The van der Waals surface area contributed by atoms with Crippen LogP contribution < -0.4 is 5.32 Å². The molecule has 0 heterocycles. The lowest BCUT2D eigenvalue weighted by molar-refractivity contribution is 0.0968. The molecule has 2 aromatic carbocycles. The molecule has 9 heteroatoms. The smallest absolute Gasteiger partial charge is 0.256 e. The zero-order valence-corrected chi connectivity index (χ0v) is 14.8. The van der Waals surface area contributed by atoms with Crippen LogP contribution in [-0.2, 0) is 9.84 Å². The molecule has 126 valence electrons. The molecule has 0 saturated heterocycles. The van der Waals surface area contributed by atoms with E-state index in [0.717, 1.165) is 24.3 Å². The fraction of sp³-hybridized carbons (Fsp3) is 0. The number of hydrogen-bond acceptors (Lipinski definition) is 3. The maximum absolute atomic E-state index is 13.0. The first-order valence-corrected chi connectivity index (χ1v) is 8.96. The Balaban J connectivity index is 2.36. The molecule has 0 spiro atoms. The van der Waals surface area contributed by atoms with E-state index in [4.69, 9.17) is 34.8 Å². The number of rotatable bonds is 4. The molecular weight excluding hydrogens is 400 g/mol. The summed E-state index contributed by atoms with van der Waals surface area (Å²) in [5.41, 5.74) is 0.154. The van der Waals surface area contributed by atoms with Gasteiger partial charge in [0.2, 0.25) is 9.84 Å². The summed E-state index contributed by atoms with van der Waals surface area (Å²) in [5, 5.41) is 1.87. The van der Waals surface area contributed by atoms with E-state index in [2.05, 4.69) is 5.32 Å². The van der Waals surface area contributed by atoms with Crippen molar-refractivity contribution in [3.05, 3.63) is 74.5 Å². The van der Waals surface area contributed by atoms with E-state index in [1.165, 1.54) is 24.3 Å². The molecule has 0 radical (unpaired) electrons. The zero-order valence-electron chi connectivity index (χ0n) is 11.8. The fourth-order valence-corrected chi connectivity index (χ4v) is 3.71. The van der Waals surface area contributed by atoms with E-state index in [0.29, 0.717) is 5.02 Å². The summed E-state index contributed by atoms with van der Waals surface area (Å²) in [6.45, 7) is 0. The molecule has 24 heavy (non-hydrogen) atoms. The zero-order chi connectivity index (χ0) is 17.9. The minimum atomic E-state index is -4.24. The number of hydrogen-bond donors (Lipinski definition) is 1. The predicted molar refractivity (Wildman–Crippen MR) is 91.2 cm³/mol. The van der Waals surface area contributed by atoms with Gasteiger partial charge in [0.1, 0.15) is 10.3 Å². The van der Waals surface area contributed by atoms with Gasteiger partial charge in [-0.05, 0) is 48.5 Å². The van der Waals surface area contributed by atoms with E-state index >= 15 is 0 Å². The number of carbonyl (C=O) groups excluding carboxylic acids is 1. The molecule has 0 atom stereocenters. The third-order valence-electron chi connectivity index (χ3n) is 2.90. The molecule has 0 aliphatic rings. The lowest BCUT2D eigenvalue weighted by Gasteiger charge is -2.11. The third kappa shape index (κ3) is 4.27. The second-order valence-electron chi connectivity index (χ2n) is 4.51. The lowest BCUT2D eigenvalue weighted by atomic mass is 10.2. The van der Waals surface area contributed by atoms with Crippen LogP contribution in [-0.4, -0.2) is 14.3 Å². The highest BCUT2D eigenvalue weighted by Gasteiger charge is 2.26. The molecule has 0 fully saturated rings. The first kappa shape index (κ1) is 18.7. The SMILES string of the molecule is O=C(NC(=C(Cl)Cl)S(=O)(=O)c1ccc(F)cc1)c1ccc(Cl)cc1. The Morgan fingerprint density at radius 1 is 0.958 bits per heavy atom. The number of sulfone groups is 1. The van der Waals surface area contributed by atoms with Gasteiger partial charge < -0.3 is 5.32 Å². The van der Waals surface area contributed by atoms with Gasteiger partial charge in [0.25, 0.3) is 5.91 Å². The van der Waals surface area contributed by atoms with Crippen LogP contribution in [0, 0.1) is 5.82 Å². The van der Waals surface area contributed by atoms with Gasteiger partial charge in [-0.15, -0.1) is 0 Å². The van der Waals surface area contributed by atoms with Crippen LogP contribution in [0.15, 0.2) is 62.9 Å². The average Bonchev–Trinajstić information content (AvgIpc) is 2.53. The fourth-order valence-electron chi connectivity index (χ4n) is 1.72. The summed E-state index contributed by atoms with van der Waals surface area (Å²) >= 11 is 17.0. The van der Waals surface area contributed by atoms with E-state index in [1.807, 2.05) is 0 Å². The molecule has 0 aromatic heterocycles. The summed E-state index contributed by atoms with van der Waals surface area (Å²) in [6.07, 6.45) is 0. The van der Waals surface area contributed by atoms with Crippen LogP contribution in [0.5, 0.6) is 0 Å². The van der Waals surface area contributed by atoms with Crippen molar-refractivity contribution in [2.24, 2.45) is 0 Å². The molecule has 1 N–H and O–H groups in total. The van der Waals surface area contributed by atoms with Crippen LogP contribution in [0.25, 0.3) is 0 Å². The van der Waals surface area contributed by atoms with Gasteiger partial charge in [-0.2, -0.15) is 0 Å². The number of amides is 1. The molecule has 1 amide bonds. The van der Waals surface area contributed by atoms with Crippen molar-refractivity contribution in [2.75, 3.05) is 0 Å². The predicted octanol–water partition coefficient (Wildman–Crippen LogP) is 4.29. The summed E-state index contributed by atoms with van der Waals surface area (Å²) < 4.78 is 37.3. The second-order valence-corrected chi connectivity index (χ2v) is 7.78. The lowest BCUT2D eigenvalue weighted by Crippen LogP contribution is -2.28. The highest BCUT2D eigenvalue weighted by molar-refractivity contribution is 7.95. The molecule has 4 nitrogen and oxygen atoms in total. The van der Waals surface area contributed by atoms with Gasteiger partial charge >= 0.3 is 0 Å². The summed E-state index contributed by atoms with van der Waals surface area (Å²) in [7, 11) is -4.24. The third-order valence-corrected chi connectivity index (χ3v) is 5.49. The first-order valence-electron chi connectivity index (χ1n) is 6.34. The Hall–Kier alpha value is -1.60. The van der Waals surface area contributed by atoms with Gasteiger partial charge in [-0.1, -0.05) is 34.8 Å². The van der Waals surface area contributed by atoms with Crippen molar-refractivity contribution in [1.29, 1.82) is 0 Å². The Kier molecular flexibility index (Phi) is 5.87. The van der Waals surface area contributed by atoms with Crippen molar-refractivity contribution >= 4 is 50.5 Å². The van der Waals surface area contributed by atoms with Gasteiger partial charge in [-0.25, -0.2) is 12.8 Å². The number of halogens is 4. The van der Waals surface area contributed by atoms with Crippen molar-refractivity contribution in [3.63, 3.8) is 0 Å². The van der Waals surface area contributed by atoms with Gasteiger partial charge in [0.05, 0.1) is 4.90 Å². The quantitative estimate of drug-likeness (QED) is 0.768. The summed E-state index contributed by atoms with van der Waals surface area (Å²) in [6, 6.07) is 9.75. The average molecular weight is 409 g/mol. The molecule has 0 aliphatic carbocycles. The van der Waals surface area contributed by atoms with Crippen LogP contribution in [0.2, 0.25) is 5.02 Å². The summed E-state index contributed by atoms with van der Waals surface area (Å²) in [5.74, 6) is -1.35. The largest absolute Gasteiger partial charge is 0.310 e. The number of carbonyl (C=O) groups is 1. The highest BCUT2D eigenvalue weighted by Crippen LogP contribution is 2.25. The Morgan fingerprint density at radius 3 is 2.00 bits per heavy atom. The van der Waals surface area contributed by atoms with E-state index in [1.54, 1.807) is 0 Å². The second kappa shape index (κ2) is 7.53. The summed E-state index contributed by atoms with van der Waals surface area (Å²) in [4.78, 5) is 11.9. The van der Waals surface area contributed by atoms with E-state index in [-0.39, 0.29) is 10.5 Å². The molecule has 0 aliphatic heterocycles. The van der Waals surface area contributed by atoms with Crippen molar-refractivity contribution in [2.45, 2.75) is 4.90 Å². The Bertz CT molecular complexity index is 891. The molecule has 0 unspecified atom stereocenters. The van der Waals surface area contributed by atoms with Crippen molar-refractivity contribution < 1.29 is 17.6 Å². The van der Waals surface area contributed by atoms with E-state index in [9.17, 15) is 17.6 Å². The molecular formula is C15H9Cl3FNO3S. The van der Waals surface area contributed by atoms with Crippen LogP contribution >= 0.6 is 34.8 Å². The van der Waals surface area contributed by atoms with Gasteiger partial charge in [0.15, 0.2) is 5.03 Å². The van der Waals surface area contributed by atoms with E-state index < -0.39 is 31.1 Å². The van der Waals surface area contributed by atoms with Crippen molar-refractivity contribution in [3.8, 4) is 0 Å². The minimum absolute atomic E-state index is 0.154. The van der Waals surface area contributed by atoms with Crippen LogP contribution in [0.3, 0.4) is 0 Å².